The highest BCUT2D eigenvalue weighted by Crippen LogP contribution is 2.32. The molecule has 5 rings (SSSR count). The summed E-state index contributed by atoms with van der Waals surface area (Å²) in [5.74, 6) is -0.133. The van der Waals surface area contributed by atoms with Crippen LogP contribution >= 0.6 is 11.3 Å². The molecule has 0 spiro atoms. The van der Waals surface area contributed by atoms with E-state index in [0.29, 0.717) is 5.75 Å². The third kappa shape index (κ3) is 4.92. The first-order chi connectivity index (χ1) is 17.3. The van der Waals surface area contributed by atoms with Gasteiger partial charge >= 0.3 is 5.97 Å². The summed E-state index contributed by atoms with van der Waals surface area (Å²) in [7, 11) is -0.635. The summed E-state index contributed by atoms with van der Waals surface area (Å²) in [5, 5.41) is 0.957. The summed E-state index contributed by atoms with van der Waals surface area (Å²) in [6.07, 6.45) is 0. The number of hydrogen-bond donors (Lipinski definition) is 0. The second kappa shape index (κ2) is 9.88. The van der Waals surface area contributed by atoms with Gasteiger partial charge in [0.1, 0.15) is 5.75 Å². The van der Waals surface area contributed by atoms with Crippen LogP contribution in [0.5, 0.6) is 5.75 Å². The largest absolute Gasteiger partial charge is 0.423 e. The first-order valence-electron chi connectivity index (χ1n) is 11.5. The Morgan fingerprint density at radius 3 is 2.25 bits per heavy atom. The summed E-state index contributed by atoms with van der Waals surface area (Å²) in [6, 6.07) is 21.5. The quantitative estimate of drug-likeness (QED) is 0.279. The van der Waals surface area contributed by atoms with Crippen LogP contribution in [0, 0.1) is 0 Å². The van der Waals surface area contributed by atoms with Gasteiger partial charge in [0.25, 0.3) is 0 Å². The Morgan fingerprint density at radius 2 is 1.58 bits per heavy atom. The number of esters is 1. The molecule has 0 atom stereocenters. The van der Waals surface area contributed by atoms with Gasteiger partial charge in [-0.25, -0.2) is 22.5 Å². The number of anilines is 2. The van der Waals surface area contributed by atoms with Gasteiger partial charge < -0.3 is 14.5 Å². The molecule has 8 nitrogen and oxygen atoms in total. The predicted molar refractivity (Wildman–Crippen MR) is 143 cm³/mol. The van der Waals surface area contributed by atoms with E-state index in [0.717, 1.165) is 45.8 Å². The van der Waals surface area contributed by atoms with E-state index in [1.807, 2.05) is 18.2 Å². The number of aromatic nitrogens is 1. The molecule has 10 heteroatoms. The number of hydrogen-bond acceptors (Lipinski definition) is 8. The Labute approximate surface area is 214 Å². The number of fused-ring (bicyclic) bond motifs is 1. The predicted octanol–water partition coefficient (Wildman–Crippen LogP) is 4.09. The molecule has 1 fully saturated rings. The number of nitrogens with zero attached hydrogens (tertiary/aromatic N) is 4. The number of thiazole rings is 1. The highest BCUT2D eigenvalue weighted by molar-refractivity contribution is 7.89. The van der Waals surface area contributed by atoms with Crippen molar-refractivity contribution in [2.45, 2.75) is 4.90 Å². The van der Waals surface area contributed by atoms with Crippen LogP contribution in [0.15, 0.2) is 77.7 Å². The maximum Gasteiger partial charge on any atom is 0.343 e. The molecule has 0 unspecified atom stereocenters. The zero-order valence-corrected chi connectivity index (χ0v) is 21.6. The van der Waals surface area contributed by atoms with Gasteiger partial charge in [0.05, 0.1) is 20.7 Å². The van der Waals surface area contributed by atoms with Gasteiger partial charge in [-0.3, -0.25) is 0 Å². The maximum atomic E-state index is 12.6. The highest BCUT2D eigenvalue weighted by Gasteiger charge is 2.21. The molecule has 0 radical (unpaired) electrons. The zero-order chi connectivity index (χ0) is 25.3. The molecule has 1 aliphatic rings. The molecular weight excluding hydrogens is 496 g/mol. The molecule has 0 bridgehead atoms. The molecule has 4 aromatic rings. The summed E-state index contributed by atoms with van der Waals surface area (Å²) in [5.41, 5.74) is 2.37. The van der Waals surface area contributed by atoms with Gasteiger partial charge in [0.15, 0.2) is 5.13 Å². The first kappa shape index (κ1) is 24.2. The molecule has 0 aliphatic carbocycles. The number of ether oxygens (including phenoxy) is 1. The molecule has 0 saturated carbocycles. The van der Waals surface area contributed by atoms with Gasteiger partial charge in [-0.1, -0.05) is 29.5 Å². The topological polar surface area (TPSA) is 83.0 Å². The third-order valence-electron chi connectivity index (χ3n) is 6.10. The van der Waals surface area contributed by atoms with Crippen molar-refractivity contribution in [1.82, 2.24) is 9.29 Å². The lowest BCUT2D eigenvalue weighted by atomic mass is 10.2. The molecule has 186 valence electrons. The number of para-hydroxylation sites is 1. The molecule has 1 aliphatic heterocycles. The smallest absolute Gasteiger partial charge is 0.343 e. The average Bonchev–Trinajstić information content (AvgIpc) is 3.33. The van der Waals surface area contributed by atoms with Crippen LogP contribution in [0.4, 0.5) is 10.8 Å². The van der Waals surface area contributed by atoms with Crippen molar-refractivity contribution < 1.29 is 17.9 Å². The summed E-state index contributed by atoms with van der Waals surface area (Å²) < 4.78 is 32.1. The molecule has 0 amide bonds. The highest BCUT2D eigenvalue weighted by atomic mass is 32.2. The van der Waals surface area contributed by atoms with E-state index in [-0.39, 0.29) is 10.5 Å². The molecule has 0 N–H and O–H groups in total. The fourth-order valence-corrected chi connectivity index (χ4v) is 5.97. The Morgan fingerprint density at radius 1 is 0.917 bits per heavy atom. The number of piperazine rings is 1. The van der Waals surface area contributed by atoms with Gasteiger partial charge in [-0.2, -0.15) is 0 Å². The van der Waals surface area contributed by atoms with Crippen molar-refractivity contribution in [3.05, 3.63) is 78.4 Å². The summed E-state index contributed by atoms with van der Waals surface area (Å²) in [4.78, 5) is 22.2. The monoisotopic (exact) mass is 522 g/mol. The average molecular weight is 523 g/mol. The number of rotatable bonds is 6. The number of sulfonamides is 1. The van der Waals surface area contributed by atoms with Crippen LogP contribution in [-0.2, 0) is 10.0 Å². The first-order valence-corrected chi connectivity index (χ1v) is 13.8. The lowest BCUT2D eigenvalue weighted by Gasteiger charge is -2.35. The molecule has 2 heterocycles. The van der Waals surface area contributed by atoms with Crippen LogP contribution in [0.1, 0.15) is 10.4 Å². The van der Waals surface area contributed by atoms with E-state index in [9.17, 15) is 13.2 Å². The van der Waals surface area contributed by atoms with Crippen molar-refractivity contribution >= 4 is 48.4 Å². The molecule has 1 saturated heterocycles. The summed E-state index contributed by atoms with van der Waals surface area (Å²) in [6.45, 7) is 3.63. The van der Waals surface area contributed by atoms with Gasteiger partial charge in [-0.05, 0) is 48.5 Å². The van der Waals surface area contributed by atoms with Gasteiger partial charge in [0, 0.05) is 52.0 Å². The van der Waals surface area contributed by atoms with Crippen LogP contribution in [0.2, 0.25) is 0 Å². The Hall–Kier alpha value is -3.47. The lowest BCUT2D eigenvalue weighted by molar-refractivity contribution is 0.0735. The van der Waals surface area contributed by atoms with Crippen LogP contribution < -0.4 is 14.5 Å². The lowest BCUT2D eigenvalue weighted by Crippen LogP contribution is -2.46. The standard InChI is InChI=1S/C26H26N4O4S2/c1-28(2)36(32,33)22-11-8-19(9-12-22)25(31)34-21-10-13-23-24(18-21)35-26(27-23)30-16-14-29(15-17-30)20-6-4-3-5-7-20/h3-13,18H,14-17H2,1-2H3. The van der Waals surface area contributed by atoms with Crippen molar-refractivity contribution in [3.8, 4) is 5.75 Å². The minimum absolute atomic E-state index is 0.118. The Balaban J connectivity index is 1.25. The second-order valence-electron chi connectivity index (χ2n) is 8.64. The van der Waals surface area contributed by atoms with Crippen LogP contribution in [-0.4, -0.2) is 64.0 Å². The minimum Gasteiger partial charge on any atom is -0.423 e. The zero-order valence-electron chi connectivity index (χ0n) is 20.0. The Kier molecular flexibility index (Phi) is 6.65. The van der Waals surface area contributed by atoms with E-state index >= 15 is 0 Å². The SMILES string of the molecule is CN(C)S(=O)(=O)c1ccc(C(=O)Oc2ccc3nc(N4CCN(c5ccccc5)CC4)sc3c2)cc1. The maximum absolute atomic E-state index is 12.6. The van der Waals surface area contributed by atoms with Crippen LogP contribution in [0.25, 0.3) is 10.2 Å². The van der Waals surface area contributed by atoms with Crippen molar-refractivity contribution in [3.63, 3.8) is 0 Å². The molecule has 1 aromatic heterocycles. The van der Waals surface area contributed by atoms with E-state index in [1.54, 1.807) is 17.4 Å². The number of carbonyl (C=O) groups is 1. The van der Waals surface area contributed by atoms with Crippen molar-refractivity contribution in [2.75, 3.05) is 50.1 Å². The normalized spacial score (nSPS) is 14.4. The van der Waals surface area contributed by atoms with Gasteiger partial charge in [0.2, 0.25) is 10.0 Å². The number of carbonyl (C=O) groups excluding carboxylic acids is 1. The van der Waals surface area contributed by atoms with Crippen molar-refractivity contribution in [1.29, 1.82) is 0 Å². The molecule has 3 aromatic carbocycles. The molecular formula is C26H26N4O4S2. The Bertz CT molecular complexity index is 1480. The van der Waals surface area contributed by atoms with E-state index in [1.165, 1.54) is 44.0 Å². The van der Waals surface area contributed by atoms with E-state index < -0.39 is 16.0 Å². The van der Waals surface area contributed by atoms with E-state index in [2.05, 4.69) is 34.1 Å². The van der Waals surface area contributed by atoms with E-state index in [4.69, 9.17) is 9.72 Å². The summed E-state index contributed by atoms with van der Waals surface area (Å²) >= 11 is 1.58. The van der Waals surface area contributed by atoms with Crippen molar-refractivity contribution in [2.24, 2.45) is 0 Å². The van der Waals surface area contributed by atoms with Crippen LogP contribution in [0.3, 0.4) is 0 Å². The second-order valence-corrected chi connectivity index (χ2v) is 11.8. The number of benzene rings is 3. The fourth-order valence-electron chi connectivity index (χ4n) is 4.03. The minimum atomic E-state index is -3.56. The van der Waals surface area contributed by atoms with Gasteiger partial charge in [-0.15, -0.1) is 0 Å². The molecule has 36 heavy (non-hydrogen) atoms. The fraction of sp³-hybridized carbons (Fsp3) is 0.231. The third-order valence-corrected chi connectivity index (χ3v) is 9.01.